The molecule has 0 bridgehead atoms. The van der Waals surface area contributed by atoms with Gasteiger partial charge < -0.3 is 10.4 Å². The lowest BCUT2D eigenvalue weighted by Gasteiger charge is -2.27. The van der Waals surface area contributed by atoms with Gasteiger partial charge in [-0.1, -0.05) is 6.92 Å². The van der Waals surface area contributed by atoms with Crippen LogP contribution in [0.3, 0.4) is 0 Å². The summed E-state index contributed by atoms with van der Waals surface area (Å²) in [5, 5.41) is 14.7. The van der Waals surface area contributed by atoms with E-state index >= 15 is 0 Å². The number of rotatable bonds is 5. The van der Waals surface area contributed by atoms with Gasteiger partial charge in [0.1, 0.15) is 0 Å². The number of thiophene rings is 1. The zero-order chi connectivity index (χ0) is 10.6. The monoisotopic (exact) mass is 277 g/mol. The van der Waals surface area contributed by atoms with Crippen molar-refractivity contribution < 1.29 is 5.11 Å². The Morgan fingerprint density at radius 3 is 2.79 bits per heavy atom. The minimum atomic E-state index is -0.158. The van der Waals surface area contributed by atoms with Crippen LogP contribution in [-0.4, -0.2) is 17.3 Å². The Morgan fingerprint density at radius 2 is 2.36 bits per heavy atom. The van der Waals surface area contributed by atoms with Gasteiger partial charge in [-0.3, -0.25) is 0 Å². The summed E-state index contributed by atoms with van der Waals surface area (Å²) in [5.74, 6) is 0. The Bertz CT molecular complexity index is 283. The van der Waals surface area contributed by atoms with E-state index in [0.717, 1.165) is 16.8 Å². The Labute approximate surface area is 97.5 Å². The molecule has 0 spiro atoms. The van der Waals surface area contributed by atoms with Gasteiger partial charge in [-0.25, -0.2) is 0 Å². The zero-order valence-electron chi connectivity index (χ0n) is 8.51. The number of hydrogen-bond acceptors (Lipinski definition) is 3. The molecule has 0 aliphatic carbocycles. The molecule has 0 fully saturated rings. The summed E-state index contributed by atoms with van der Waals surface area (Å²) >= 11 is 5.11. The Morgan fingerprint density at radius 1 is 1.64 bits per heavy atom. The summed E-state index contributed by atoms with van der Waals surface area (Å²) in [5.41, 5.74) is 1.10. The van der Waals surface area contributed by atoms with E-state index in [0.29, 0.717) is 0 Å². The van der Waals surface area contributed by atoms with Crippen molar-refractivity contribution in [1.82, 2.24) is 5.32 Å². The van der Waals surface area contributed by atoms with E-state index < -0.39 is 0 Å². The van der Waals surface area contributed by atoms with Crippen molar-refractivity contribution in [3.8, 4) is 0 Å². The van der Waals surface area contributed by atoms with E-state index in [2.05, 4.69) is 39.6 Å². The van der Waals surface area contributed by atoms with E-state index in [1.807, 2.05) is 6.92 Å². The minimum absolute atomic E-state index is 0.158. The normalized spacial score (nSPS) is 15.4. The molecule has 80 valence electrons. The van der Waals surface area contributed by atoms with Crippen molar-refractivity contribution in [2.75, 3.05) is 6.61 Å². The number of halogens is 1. The van der Waals surface area contributed by atoms with Crippen LogP contribution in [0.15, 0.2) is 15.2 Å². The van der Waals surface area contributed by atoms with E-state index in [1.165, 1.54) is 5.56 Å². The van der Waals surface area contributed by atoms with Gasteiger partial charge >= 0.3 is 0 Å². The molecule has 0 unspecified atom stereocenters. The van der Waals surface area contributed by atoms with Crippen molar-refractivity contribution in [1.29, 1.82) is 0 Å². The topological polar surface area (TPSA) is 32.3 Å². The number of nitrogens with one attached hydrogen (secondary N) is 1. The molecule has 0 aliphatic rings. The molecule has 2 nitrogen and oxygen atoms in total. The van der Waals surface area contributed by atoms with Crippen LogP contribution in [0.25, 0.3) is 0 Å². The maximum absolute atomic E-state index is 9.20. The van der Waals surface area contributed by atoms with Gasteiger partial charge in [0.25, 0.3) is 0 Å². The molecular formula is C10H16BrNOS. The summed E-state index contributed by atoms with van der Waals surface area (Å²) < 4.78 is 1.15. The third-order valence-corrected chi connectivity index (χ3v) is 4.02. The van der Waals surface area contributed by atoms with Crippen LogP contribution in [0.4, 0.5) is 0 Å². The van der Waals surface area contributed by atoms with Crippen molar-refractivity contribution in [3.63, 3.8) is 0 Å². The van der Waals surface area contributed by atoms with Crippen LogP contribution in [-0.2, 0) is 6.54 Å². The van der Waals surface area contributed by atoms with Crippen molar-refractivity contribution in [2.24, 2.45) is 0 Å². The van der Waals surface area contributed by atoms with E-state index in [9.17, 15) is 5.11 Å². The van der Waals surface area contributed by atoms with Crippen molar-refractivity contribution in [3.05, 3.63) is 20.8 Å². The quantitative estimate of drug-likeness (QED) is 0.868. The van der Waals surface area contributed by atoms with E-state index in [4.69, 9.17) is 0 Å². The summed E-state index contributed by atoms with van der Waals surface area (Å²) in [6.07, 6.45) is 0.925. The second-order valence-electron chi connectivity index (χ2n) is 3.68. The first-order valence-electron chi connectivity index (χ1n) is 4.68. The van der Waals surface area contributed by atoms with Crippen molar-refractivity contribution in [2.45, 2.75) is 32.4 Å². The van der Waals surface area contributed by atoms with Crippen LogP contribution in [0.1, 0.15) is 25.8 Å². The molecule has 1 heterocycles. The van der Waals surface area contributed by atoms with Crippen molar-refractivity contribution >= 4 is 27.3 Å². The van der Waals surface area contributed by atoms with Crippen LogP contribution in [0.5, 0.6) is 0 Å². The van der Waals surface area contributed by atoms with Gasteiger partial charge in [0.15, 0.2) is 0 Å². The van der Waals surface area contributed by atoms with Crippen LogP contribution >= 0.6 is 27.3 Å². The van der Waals surface area contributed by atoms with Crippen LogP contribution < -0.4 is 5.32 Å². The Kier molecular flexibility index (Phi) is 4.57. The first-order chi connectivity index (χ1) is 6.59. The molecule has 0 amide bonds. The Hall–Kier alpha value is 0.100. The molecule has 0 aliphatic heterocycles. The zero-order valence-corrected chi connectivity index (χ0v) is 10.9. The largest absolute Gasteiger partial charge is 0.394 e. The first-order valence-corrected chi connectivity index (χ1v) is 6.36. The van der Waals surface area contributed by atoms with Gasteiger partial charge in [0, 0.05) is 12.1 Å². The molecule has 14 heavy (non-hydrogen) atoms. The van der Waals surface area contributed by atoms with Gasteiger partial charge in [-0.15, -0.1) is 11.3 Å². The number of hydrogen-bond donors (Lipinski definition) is 2. The van der Waals surface area contributed by atoms with Crippen LogP contribution in [0, 0.1) is 0 Å². The highest BCUT2D eigenvalue weighted by Gasteiger charge is 2.19. The molecule has 1 atom stereocenters. The summed E-state index contributed by atoms with van der Waals surface area (Å²) in [7, 11) is 0. The maximum atomic E-state index is 9.20. The lowest BCUT2D eigenvalue weighted by atomic mass is 10.0. The third kappa shape index (κ3) is 3.35. The summed E-state index contributed by atoms with van der Waals surface area (Å²) in [4.78, 5) is 0. The SMILES string of the molecule is CC[C@@](C)(CO)NCc1csc(Br)c1. The van der Waals surface area contributed by atoms with Gasteiger partial charge in [-0.2, -0.15) is 0 Å². The molecule has 0 radical (unpaired) electrons. The maximum Gasteiger partial charge on any atom is 0.0701 e. The molecule has 0 aromatic carbocycles. The van der Waals surface area contributed by atoms with E-state index in [-0.39, 0.29) is 12.1 Å². The second kappa shape index (κ2) is 5.26. The molecule has 1 aromatic rings. The lowest BCUT2D eigenvalue weighted by molar-refractivity contribution is 0.169. The molecule has 1 aromatic heterocycles. The fourth-order valence-electron chi connectivity index (χ4n) is 1.05. The van der Waals surface area contributed by atoms with Gasteiger partial charge in [-0.05, 0) is 46.3 Å². The fourth-order valence-corrected chi connectivity index (χ4v) is 2.26. The lowest BCUT2D eigenvalue weighted by Crippen LogP contribution is -2.44. The summed E-state index contributed by atoms with van der Waals surface area (Å²) in [6, 6.07) is 2.10. The molecule has 1 rings (SSSR count). The average molecular weight is 278 g/mol. The predicted molar refractivity (Wildman–Crippen MR) is 64.6 cm³/mol. The minimum Gasteiger partial charge on any atom is -0.394 e. The highest BCUT2D eigenvalue weighted by molar-refractivity contribution is 9.11. The van der Waals surface area contributed by atoms with Gasteiger partial charge in [0.05, 0.1) is 10.4 Å². The third-order valence-electron chi connectivity index (χ3n) is 2.47. The molecule has 0 saturated carbocycles. The van der Waals surface area contributed by atoms with E-state index in [1.54, 1.807) is 11.3 Å². The standard InChI is InChI=1S/C10H16BrNOS/c1-3-10(2,7-13)12-5-8-4-9(11)14-6-8/h4,6,12-13H,3,5,7H2,1-2H3/t10-/m0/s1. The smallest absolute Gasteiger partial charge is 0.0701 e. The highest BCUT2D eigenvalue weighted by Crippen LogP contribution is 2.21. The molecule has 4 heteroatoms. The fraction of sp³-hybridized carbons (Fsp3) is 0.600. The molecular weight excluding hydrogens is 262 g/mol. The second-order valence-corrected chi connectivity index (χ2v) is 5.98. The predicted octanol–water partition coefficient (Wildman–Crippen LogP) is 2.76. The average Bonchev–Trinajstić information content (AvgIpc) is 2.61. The number of aliphatic hydroxyl groups excluding tert-OH is 1. The molecule has 2 N–H and O–H groups in total. The van der Waals surface area contributed by atoms with Crippen LogP contribution in [0.2, 0.25) is 0 Å². The number of aliphatic hydroxyl groups is 1. The Balaban J connectivity index is 2.47. The van der Waals surface area contributed by atoms with Gasteiger partial charge in [0.2, 0.25) is 0 Å². The first kappa shape index (κ1) is 12.2. The highest BCUT2D eigenvalue weighted by atomic mass is 79.9. The molecule has 0 saturated heterocycles. The summed E-state index contributed by atoms with van der Waals surface area (Å²) in [6.45, 7) is 5.10.